The lowest BCUT2D eigenvalue weighted by Gasteiger charge is -2.16. The van der Waals surface area contributed by atoms with Crippen LogP contribution in [-0.4, -0.2) is 29.9 Å². The summed E-state index contributed by atoms with van der Waals surface area (Å²) in [6.45, 7) is 3.02. The van der Waals surface area contributed by atoms with Crippen molar-refractivity contribution in [2.75, 3.05) is 13.2 Å². The van der Waals surface area contributed by atoms with E-state index in [9.17, 15) is 9.59 Å². The van der Waals surface area contributed by atoms with Gasteiger partial charge in [0.05, 0.1) is 18.4 Å². The maximum Gasteiger partial charge on any atom is 0.311 e. The third-order valence-corrected chi connectivity index (χ3v) is 4.36. The lowest BCUT2D eigenvalue weighted by Crippen LogP contribution is -2.26. The van der Waals surface area contributed by atoms with Crippen LogP contribution in [0.3, 0.4) is 0 Å². The number of carbonyl (C=O) groups is 2. The molecule has 3 rings (SSSR count). The summed E-state index contributed by atoms with van der Waals surface area (Å²) >= 11 is 0. The lowest BCUT2D eigenvalue weighted by molar-refractivity contribution is -0.148. The Morgan fingerprint density at radius 1 is 1.08 bits per heavy atom. The third kappa shape index (κ3) is 3.32. The molecule has 0 radical (unpaired) electrons. The maximum atomic E-state index is 12.9. The number of rotatable bonds is 5. The minimum atomic E-state index is -0.464. The predicted octanol–water partition coefficient (Wildman–Crippen LogP) is 2.99. The number of carbonyl (C=O) groups excluding carboxylic acids is 2. The van der Waals surface area contributed by atoms with Crippen molar-refractivity contribution in [2.45, 2.75) is 19.4 Å². The van der Waals surface area contributed by atoms with E-state index in [0.29, 0.717) is 19.7 Å². The summed E-state index contributed by atoms with van der Waals surface area (Å²) in [4.78, 5) is 27.1. The van der Waals surface area contributed by atoms with Crippen LogP contribution in [0.25, 0.3) is 0 Å². The van der Waals surface area contributed by atoms with Crippen LogP contribution < -0.4 is 0 Å². The van der Waals surface area contributed by atoms with Crippen LogP contribution in [0.1, 0.15) is 24.0 Å². The number of likely N-dealkylation sites (tertiary alicyclic amines) is 1. The molecule has 2 aromatic carbocycles. The number of benzene rings is 2. The van der Waals surface area contributed by atoms with Gasteiger partial charge in [-0.05, 0) is 18.1 Å². The molecule has 1 saturated heterocycles. The SMILES string of the molecule is CCOC(=O)[C@H]1CN(Cc2ccccc2)C(=O)[C@H]1c1ccccc1. The number of hydrogen-bond acceptors (Lipinski definition) is 3. The second kappa shape index (κ2) is 7.30. The molecule has 0 spiro atoms. The van der Waals surface area contributed by atoms with Crippen molar-refractivity contribution >= 4 is 11.9 Å². The van der Waals surface area contributed by atoms with Crippen LogP contribution in [0.2, 0.25) is 0 Å². The van der Waals surface area contributed by atoms with E-state index in [1.165, 1.54) is 0 Å². The van der Waals surface area contributed by atoms with Gasteiger partial charge < -0.3 is 9.64 Å². The second-order valence-corrected chi connectivity index (χ2v) is 5.95. The van der Waals surface area contributed by atoms with Gasteiger partial charge in [0, 0.05) is 13.1 Å². The van der Waals surface area contributed by atoms with E-state index in [4.69, 9.17) is 4.74 Å². The van der Waals surface area contributed by atoms with Crippen molar-refractivity contribution in [3.05, 3.63) is 71.8 Å². The summed E-state index contributed by atoms with van der Waals surface area (Å²) in [6, 6.07) is 19.3. The molecule has 2 aromatic rings. The van der Waals surface area contributed by atoms with E-state index in [1.54, 1.807) is 11.8 Å². The maximum absolute atomic E-state index is 12.9. The van der Waals surface area contributed by atoms with Gasteiger partial charge in [-0.2, -0.15) is 0 Å². The Morgan fingerprint density at radius 3 is 2.33 bits per heavy atom. The van der Waals surface area contributed by atoms with E-state index >= 15 is 0 Å². The molecular weight excluding hydrogens is 302 g/mol. The van der Waals surface area contributed by atoms with Gasteiger partial charge in [-0.1, -0.05) is 60.7 Å². The van der Waals surface area contributed by atoms with Crippen molar-refractivity contribution in [1.29, 1.82) is 0 Å². The van der Waals surface area contributed by atoms with Crippen LogP contribution in [0.15, 0.2) is 60.7 Å². The molecule has 1 heterocycles. The van der Waals surface area contributed by atoms with Crippen LogP contribution in [0.4, 0.5) is 0 Å². The standard InChI is InChI=1S/C20H21NO3/c1-2-24-20(23)17-14-21(13-15-9-5-3-6-10-15)19(22)18(17)16-11-7-4-8-12-16/h3-12,17-18H,2,13-14H2,1H3/t17-,18-/m0/s1. The molecule has 0 N–H and O–H groups in total. The molecule has 1 amide bonds. The monoisotopic (exact) mass is 323 g/mol. The first-order chi connectivity index (χ1) is 11.7. The fourth-order valence-electron chi connectivity index (χ4n) is 3.24. The molecular formula is C20H21NO3. The third-order valence-electron chi connectivity index (χ3n) is 4.36. The van der Waals surface area contributed by atoms with Gasteiger partial charge in [-0.15, -0.1) is 0 Å². The molecule has 0 unspecified atom stereocenters. The normalized spacial score (nSPS) is 20.2. The van der Waals surface area contributed by atoms with Crippen LogP contribution in [0, 0.1) is 5.92 Å². The van der Waals surface area contributed by atoms with Crippen LogP contribution >= 0.6 is 0 Å². The molecule has 4 heteroatoms. The van der Waals surface area contributed by atoms with Crippen molar-refractivity contribution in [2.24, 2.45) is 5.92 Å². The molecule has 1 fully saturated rings. The van der Waals surface area contributed by atoms with Crippen molar-refractivity contribution in [3.63, 3.8) is 0 Å². The van der Waals surface area contributed by atoms with E-state index in [-0.39, 0.29) is 11.9 Å². The smallest absolute Gasteiger partial charge is 0.311 e. The minimum absolute atomic E-state index is 0.0110. The molecule has 0 aliphatic carbocycles. The Bertz CT molecular complexity index is 699. The summed E-state index contributed by atoms with van der Waals surface area (Å²) in [6.07, 6.45) is 0. The summed E-state index contributed by atoms with van der Waals surface area (Å²) in [7, 11) is 0. The fourth-order valence-corrected chi connectivity index (χ4v) is 3.24. The van der Waals surface area contributed by atoms with Gasteiger partial charge in [-0.3, -0.25) is 9.59 Å². The van der Waals surface area contributed by atoms with Crippen molar-refractivity contribution in [1.82, 2.24) is 4.90 Å². The van der Waals surface area contributed by atoms with Crippen molar-refractivity contribution in [3.8, 4) is 0 Å². The van der Waals surface area contributed by atoms with E-state index < -0.39 is 11.8 Å². The first kappa shape index (κ1) is 16.2. The highest BCUT2D eigenvalue weighted by atomic mass is 16.5. The number of nitrogens with zero attached hydrogens (tertiary/aromatic N) is 1. The van der Waals surface area contributed by atoms with Crippen LogP contribution in [0.5, 0.6) is 0 Å². The van der Waals surface area contributed by atoms with Gasteiger partial charge in [0.15, 0.2) is 0 Å². The van der Waals surface area contributed by atoms with Crippen molar-refractivity contribution < 1.29 is 14.3 Å². The Balaban J connectivity index is 1.86. The average Bonchev–Trinajstić information content (AvgIpc) is 2.93. The van der Waals surface area contributed by atoms with Gasteiger partial charge in [0.2, 0.25) is 5.91 Å². The quantitative estimate of drug-likeness (QED) is 0.795. The molecule has 1 aliphatic heterocycles. The molecule has 0 bridgehead atoms. The summed E-state index contributed by atoms with van der Waals surface area (Å²) < 4.78 is 5.21. The minimum Gasteiger partial charge on any atom is -0.466 e. The highest BCUT2D eigenvalue weighted by molar-refractivity contribution is 5.93. The molecule has 4 nitrogen and oxygen atoms in total. The molecule has 0 aromatic heterocycles. The van der Waals surface area contributed by atoms with E-state index in [0.717, 1.165) is 11.1 Å². The Kier molecular flexibility index (Phi) is 4.94. The first-order valence-corrected chi connectivity index (χ1v) is 8.25. The number of esters is 1. The van der Waals surface area contributed by atoms with Gasteiger partial charge >= 0.3 is 5.97 Å². The zero-order valence-electron chi connectivity index (χ0n) is 13.7. The first-order valence-electron chi connectivity index (χ1n) is 8.25. The van der Waals surface area contributed by atoms with Crippen LogP contribution in [-0.2, 0) is 20.9 Å². The van der Waals surface area contributed by atoms with E-state index in [2.05, 4.69) is 0 Å². The predicted molar refractivity (Wildman–Crippen MR) is 91.2 cm³/mol. The summed E-state index contributed by atoms with van der Waals surface area (Å²) in [5.74, 6) is -1.23. The Morgan fingerprint density at radius 2 is 1.71 bits per heavy atom. The molecule has 2 atom stereocenters. The van der Waals surface area contributed by atoms with E-state index in [1.807, 2.05) is 60.7 Å². The highest BCUT2D eigenvalue weighted by Gasteiger charge is 2.45. The largest absolute Gasteiger partial charge is 0.466 e. The zero-order valence-corrected chi connectivity index (χ0v) is 13.7. The Hall–Kier alpha value is -2.62. The number of amides is 1. The molecule has 0 saturated carbocycles. The average molecular weight is 323 g/mol. The second-order valence-electron chi connectivity index (χ2n) is 5.95. The van der Waals surface area contributed by atoms with Gasteiger partial charge in [-0.25, -0.2) is 0 Å². The number of ether oxygens (including phenoxy) is 1. The van der Waals surface area contributed by atoms with Gasteiger partial charge in [0.1, 0.15) is 0 Å². The molecule has 24 heavy (non-hydrogen) atoms. The van der Waals surface area contributed by atoms with Gasteiger partial charge in [0.25, 0.3) is 0 Å². The summed E-state index contributed by atoms with van der Waals surface area (Å²) in [5, 5.41) is 0. The molecule has 124 valence electrons. The summed E-state index contributed by atoms with van der Waals surface area (Å²) in [5.41, 5.74) is 1.93. The highest BCUT2D eigenvalue weighted by Crippen LogP contribution is 2.35. The lowest BCUT2D eigenvalue weighted by atomic mass is 9.88. The topological polar surface area (TPSA) is 46.6 Å². The molecule has 1 aliphatic rings. The zero-order chi connectivity index (χ0) is 16.9. The Labute approximate surface area is 142 Å². The number of hydrogen-bond donors (Lipinski definition) is 0. The fraction of sp³-hybridized carbons (Fsp3) is 0.300.